The molecule has 1 aromatic heterocycles. The van der Waals surface area contributed by atoms with Crippen molar-refractivity contribution < 1.29 is 24.0 Å². The Morgan fingerprint density at radius 1 is 0.654 bits per heavy atom. The van der Waals surface area contributed by atoms with Gasteiger partial charge in [-0.25, -0.2) is 0 Å². The molecule has 26 heavy (non-hydrogen) atoms. The van der Waals surface area contributed by atoms with Crippen molar-refractivity contribution in [2.45, 2.75) is 5.54 Å². The molecule has 4 rings (SSSR count). The first-order valence-corrected chi connectivity index (χ1v) is 8.00. The van der Waals surface area contributed by atoms with E-state index in [0.29, 0.717) is 0 Å². The Kier molecular flexibility index (Phi) is 7.43. The molecule has 0 amide bonds. The zero-order chi connectivity index (χ0) is 16.2. The van der Waals surface area contributed by atoms with Crippen molar-refractivity contribution >= 4 is 23.1 Å². The Morgan fingerprint density at radius 2 is 1.04 bits per heavy atom. The van der Waals surface area contributed by atoms with Crippen LogP contribution in [-0.2, 0) is 5.54 Å². The zero-order valence-electron chi connectivity index (χ0n) is 14.3. The van der Waals surface area contributed by atoms with Crippen LogP contribution in [0.1, 0.15) is 16.7 Å². The monoisotopic (exact) mass is 460 g/mol. The summed E-state index contributed by atoms with van der Waals surface area (Å²) in [4.78, 5) is 4.20. The number of aromatic nitrogens is 2. The van der Waals surface area contributed by atoms with E-state index in [-0.39, 0.29) is 47.0 Å². The number of halogens is 1. The summed E-state index contributed by atoms with van der Waals surface area (Å²) in [5, 5.41) is 0. The summed E-state index contributed by atoms with van der Waals surface area (Å²) in [7, 11) is 0. The largest absolute Gasteiger partial charge is 2.00 e. The normalized spacial score (nSPS) is 10.5. The Bertz CT molecular complexity index is 798. The van der Waals surface area contributed by atoms with Crippen LogP contribution in [0, 0.1) is 6.33 Å². The van der Waals surface area contributed by atoms with E-state index in [4.69, 9.17) is 0 Å². The van der Waals surface area contributed by atoms with Gasteiger partial charge in [-0.3, -0.25) is 0 Å². The molecule has 0 N–H and O–H groups in total. The third-order valence-electron chi connectivity index (χ3n) is 4.39. The van der Waals surface area contributed by atoms with Gasteiger partial charge in [-0.1, -0.05) is 91.0 Å². The van der Waals surface area contributed by atoms with Gasteiger partial charge in [0.1, 0.15) is 0 Å². The van der Waals surface area contributed by atoms with Crippen molar-refractivity contribution in [2.24, 2.45) is 0 Å². The maximum absolute atomic E-state index is 4.20. The van der Waals surface area contributed by atoms with Crippen molar-refractivity contribution in [1.82, 2.24) is 9.55 Å². The molecule has 0 aliphatic heterocycles. The fraction of sp³-hybridized carbons (Fsp3) is 0.0455. The number of rotatable bonds is 4. The molecule has 0 aliphatic carbocycles. The van der Waals surface area contributed by atoms with Gasteiger partial charge in [0.2, 0.25) is 0 Å². The van der Waals surface area contributed by atoms with E-state index >= 15 is 0 Å². The molecule has 0 saturated carbocycles. The smallest absolute Gasteiger partial charge is 1.00 e. The summed E-state index contributed by atoms with van der Waals surface area (Å²) in [6.45, 7) is 0. The molecule has 0 fully saturated rings. The predicted octanol–water partition coefficient (Wildman–Crippen LogP) is 1.15. The molecule has 0 atom stereocenters. The second kappa shape index (κ2) is 9.35. The average molecular weight is 461 g/mol. The Hall–Kier alpha value is -1.63. The minimum atomic E-state index is -0.500. The fourth-order valence-electron chi connectivity index (χ4n) is 3.37. The molecule has 0 saturated heterocycles. The summed E-state index contributed by atoms with van der Waals surface area (Å²) in [6.07, 6.45) is 6.90. The fourth-order valence-corrected chi connectivity index (χ4v) is 3.37. The van der Waals surface area contributed by atoms with E-state index in [1.165, 1.54) is 16.7 Å². The van der Waals surface area contributed by atoms with Crippen LogP contribution in [0.3, 0.4) is 0 Å². The van der Waals surface area contributed by atoms with Crippen LogP contribution in [0.25, 0.3) is 0 Å². The third-order valence-corrected chi connectivity index (χ3v) is 4.39. The maximum Gasteiger partial charge on any atom is 2.00 e. The van der Waals surface area contributed by atoms with Gasteiger partial charge in [-0.2, -0.15) is 0 Å². The first-order valence-electron chi connectivity index (χ1n) is 8.00. The Balaban J connectivity index is 0.00000121. The van der Waals surface area contributed by atoms with E-state index in [1.807, 2.05) is 24.4 Å². The van der Waals surface area contributed by atoms with Gasteiger partial charge in [0.05, 0.1) is 5.54 Å². The number of nitrogens with zero attached hydrogens (tertiary/aromatic N) is 2. The first kappa shape index (κ1) is 20.7. The van der Waals surface area contributed by atoms with Crippen LogP contribution >= 0.6 is 0 Å². The van der Waals surface area contributed by atoms with Gasteiger partial charge >= 0.3 is 23.1 Å². The third kappa shape index (κ3) is 3.59. The molecule has 4 aromatic rings. The topological polar surface area (TPSA) is 17.8 Å². The van der Waals surface area contributed by atoms with Gasteiger partial charge in [0.15, 0.2) is 0 Å². The second-order valence-corrected chi connectivity index (χ2v) is 5.71. The van der Waals surface area contributed by atoms with Crippen molar-refractivity contribution in [1.29, 1.82) is 0 Å². The van der Waals surface area contributed by atoms with Gasteiger partial charge in [-0.15, -0.1) is 12.4 Å². The second-order valence-electron chi connectivity index (χ2n) is 5.71. The molecule has 1 heterocycles. The predicted molar refractivity (Wildman–Crippen MR) is 101 cm³/mol. The van der Waals surface area contributed by atoms with E-state index < -0.39 is 5.54 Å². The van der Waals surface area contributed by atoms with Gasteiger partial charge in [-0.05, 0) is 16.7 Å². The van der Waals surface area contributed by atoms with Crippen LogP contribution < -0.4 is 24.0 Å². The molecular formula is C22H17IMgN2. The van der Waals surface area contributed by atoms with Gasteiger partial charge in [0.25, 0.3) is 0 Å². The van der Waals surface area contributed by atoms with E-state index in [1.54, 1.807) is 6.20 Å². The standard InChI is InChI=1S/C22H17N2.HI.Mg/c1-4-10-19(11-5-1)22(24-17-16-23-18-24,20-12-6-2-7-13-20)21-14-8-3-9-15-21;;/h1-17H;1H;/q-1;;+2/p-1. The minimum Gasteiger partial charge on any atom is -1.00 e. The maximum atomic E-state index is 4.20. The van der Waals surface area contributed by atoms with Crippen LogP contribution in [-0.4, -0.2) is 32.6 Å². The summed E-state index contributed by atoms with van der Waals surface area (Å²) in [5.74, 6) is 0. The molecule has 0 spiro atoms. The van der Waals surface area contributed by atoms with Crippen LogP contribution in [0.4, 0.5) is 0 Å². The van der Waals surface area contributed by atoms with E-state index in [2.05, 4.69) is 88.7 Å². The Labute approximate surface area is 187 Å². The van der Waals surface area contributed by atoms with Crippen LogP contribution in [0.15, 0.2) is 103 Å². The molecule has 2 nitrogen and oxygen atoms in total. The number of hydrogen-bond donors (Lipinski definition) is 0. The molecule has 0 unspecified atom stereocenters. The molecule has 0 aliphatic rings. The molecule has 3 aromatic carbocycles. The molecule has 4 heteroatoms. The molecular weight excluding hydrogens is 443 g/mol. The summed E-state index contributed by atoms with van der Waals surface area (Å²) < 4.78 is 2.06. The van der Waals surface area contributed by atoms with Crippen LogP contribution in [0.5, 0.6) is 0 Å². The van der Waals surface area contributed by atoms with Crippen LogP contribution in [0.2, 0.25) is 0 Å². The zero-order valence-corrected chi connectivity index (χ0v) is 17.9. The number of imidazole rings is 1. The summed E-state index contributed by atoms with van der Waals surface area (Å²) >= 11 is 0. The van der Waals surface area contributed by atoms with Crippen molar-refractivity contribution in [3.63, 3.8) is 0 Å². The summed E-state index contributed by atoms with van der Waals surface area (Å²) in [5.41, 5.74) is 3.03. The van der Waals surface area contributed by atoms with Gasteiger partial charge < -0.3 is 33.5 Å². The van der Waals surface area contributed by atoms with Gasteiger partial charge in [0, 0.05) is 6.33 Å². The number of benzene rings is 3. The molecule has 124 valence electrons. The Morgan fingerprint density at radius 3 is 1.35 bits per heavy atom. The average Bonchev–Trinajstić information content (AvgIpc) is 3.20. The van der Waals surface area contributed by atoms with E-state index in [9.17, 15) is 0 Å². The first-order chi connectivity index (χ1) is 11.9. The minimum absolute atomic E-state index is 0. The molecule has 0 bridgehead atoms. The summed E-state index contributed by atoms with van der Waals surface area (Å²) in [6, 6.07) is 31.6. The van der Waals surface area contributed by atoms with E-state index in [0.717, 1.165) is 0 Å². The SMILES string of the molecule is [I-].[Mg+2].[c-]1nccn1C(c1ccccc1)(c1ccccc1)c1ccccc1. The number of hydrogen-bond acceptors (Lipinski definition) is 1. The van der Waals surface area contributed by atoms with Crippen molar-refractivity contribution in [3.05, 3.63) is 126 Å². The van der Waals surface area contributed by atoms with Crippen molar-refractivity contribution in [2.75, 3.05) is 0 Å². The quantitative estimate of drug-likeness (QED) is 0.193. The van der Waals surface area contributed by atoms with Crippen molar-refractivity contribution in [3.8, 4) is 0 Å². The molecule has 0 radical (unpaired) electrons.